The molecule has 1 aromatic rings. The van der Waals surface area contributed by atoms with E-state index in [0.29, 0.717) is 12.1 Å². The molecule has 1 N–H and O–H groups in total. The van der Waals surface area contributed by atoms with E-state index in [1.54, 1.807) is 0 Å². The van der Waals surface area contributed by atoms with Gasteiger partial charge in [-0.05, 0) is 26.7 Å². The van der Waals surface area contributed by atoms with Gasteiger partial charge in [0.15, 0.2) is 0 Å². The number of hydrogen-bond donors (Lipinski definition) is 1. The fraction of sp³-hybridized carbons (Fsp3) is 0.583. The monoisotopic (exact) mass is 268 g/mol. The van der Waals surface area contributed by atoms with Crippen LogP contribution in [0.25, 0.3) is 0 Å². The third-order valence-corrected chi connectivity index (χ3v) is 3.47. The quantitative estimate of drug-likeness (QED) is 0.892. The first-order chi connectivity index (χ1) is 8.58. The molecule has 0 spiro atoms. The molecular formula is C12H17ClN4O. The summed E-state index contributed by atoms with van der Waals surface area (Å²) >= 11 is 5.64. The lowest BCUT2D eigenvalue weighted by Gasteiger charge is -2.38. The second kappa shape index (κ2) is 5.63. The van der Waals surface area contributed by atoms with Gasteiger partial charge in [-0.15, -0.1) is 0 Å². The maximum atomic E-state index is 12.0. The van der Waals surface area contributed by atoms with Crippen molar-refractivity contribution in [1.82, 2.24) is 20.4 Å². The Morgan fingerprint density at radius 2 is 2.00 bits per heavy atom. The number of nitrogens with zero attached hydrogens (tertiary/aromatic N) is 3. The van der Waals surface area contributed by atoms with Crippen LogP contribution in [0.4, 0.5) is 0 Å². The van der Waals surface area contributed by atoms with Gasteiger partial charge in [0.05, 0.1) is 12.4 Å². The zero-order valence-electron chi connectivity index (χ0n) is 10.6. The van der Waals surface area contributed by atoms with Crippen LogP contribution < -0.4 is 5.43 Å². The average Bonchev–Trinajstić information content (AvgIpc) is 2.34. The van der Waals surface area contributed by atoms with Crippen LogP contribution in [0.5, 0.6) is 0 Å². The van der Waals surface area contributed by atoms with Gasteiger partial charge >= 0.3 is 0 Å². The van der Waals surface area contributed by atoms with Gasteiger partial charge in [0.1, 0.15) is 10.8 Å². The van der Waals surface area contributed by atoms with Crippen molar-refractivity contribution in [3.63, 3.8) is 0 Å². The van der Waals surface area contributed by atoms with Crippen molar-refractivity contribution < 1.29 is 4.79 Å². The number of amides is 1. The first kappa shape index (κ1) is 13.2. The molecule has 5 nitrogen and oxygen atoms in total. The van der Waals surface area contributed by atoms with E-state index in [4.69, 9.17) is 11.6 Å². The summed E-state index contributed by atoms with van der Waals surface area (Å²) in [6, 6.07) is 0.691. The third kappa shape index (κ3) is 2.97. The summed E-state index contributed by atoms with van der Waals surface area (Å²) in [6.45, 7) is 4.23. The number of hydrogen-bond acceptors (Lipinski definition) is 4. The number of piperidine rings is 1. The summed E-state index contributed by atoms with van der Waals surface area (Å²) < 4.78 is 0. The first-order valence-corrected chi connectivity index (χ1v) is 6.52. The Hall–Kier alpha value is -1.20. The zero-order chi connectivity index (χ0) is 13.1. The summed E-state index contributed by atoms with van der Waals surface area (Å²) in [5.41, 5.74) is 3.18. The predicted octanol–water partition coefficient (Wildman–Crippen LogP) is 2.04. The molecule has 1 aromatic heterocycles. The molecule has 1 amide bonds. The molecule has 6 heteroatoms. The molecule has 2 unspecified atom stereocenters. The van der Waals surface area contributed by atoms with Crippen molar-refractivity contribution in [2.45, 2.75) is 45.2 Å². The SMILES string of the molecule is CC1CCCC(C)N1NC(=O)c1cnc(Cl)cn1. The average molecular weight is 269 g/mol. The maximum Gasteiger partial charge on any atom is 0.285 e. The Labute approximate surface area is 112 Å². The van der Waals surface area contributed by atoms with Crippen LogP contribution in [0, 0.1) is 0 Å². The number of carbonyl (C=O) groups excluding carboxylic acids is 1. The maximum absolute atomic E-state index is 12.0. The third-order valence-electron chi connectivity index (χ3n) is 3.28. The number of carbonyl (C=O) groups is 1. The van der Waals surface area contributed by atoms with E-state index in [1.807, 2.05) is 5.01 Å². The molecule has 98 valence electrons. The number of rotatable bonds is 2. The summed E-state index contributed by atoms with van der Waals surface area (Å²) in [7, 11) is 0. The number of nitrogens with one attached hydrogen (secondary N) is 1. The van der Waals surface area contributed by atoms with E-state index in [9.17, 15) is 4.79 Å². The lowest BCUT2D eigenvalue weighted by Crippen LogP contribution is -2.54. The highest BCUT2D eigenvalue weighted by Crippen LogP contribution is 2.20. The van der Waals surface area contributed by atoms with Crippen LogP contribution in [-0.2, 0) is 0 Å². The molecule has 0 saturated carbocycles. The normalized spacial score (nSPS) is 24.8. The molecule has 18 heavy (non-hydrogen) atoms. The van der Waals surface area contributed by atoms with Crippen molar-refractivity contribution in [2.75, 3.05) is 0 Å². The van der Waals surface area contributed by atoms with Gasteiger partial charge in [0, 0.05) is 12.1 Å². The summed E-state index contributed by atoms with van der Waals surface area (Å²) in [5.74, 6) is -0.236. The van der Waals surface area contributed by atoms with Crippen LogP contribution in [-0.4, -0.2) is 33.0 Å². The van der Waals surface area contributed by atoms with Crippen LogP contribution >= 0.6 is 11.6 Å². The minimum atomic E-state index is -0.236. The van der Waals surface area contributed by atoms with Gasteiger partial charge in [0.25, 0.3) is 5.91 Å². The Bertz CT molecular complexity index is 413. The zero-order valence-corrected chi connectivity index (χ0v) is 11.3. The number of hydrazine groups is 1. The molecule has 0 radical (unpaired) electrons. The minimum absolute atomic E-state index is 0.236. The molecule has 1 saturated heterocycles. The fourth-order valence-electron chi connectivity index (χ4n) is 2.25. The van der Waals surface area contributed by atoms with Crippen molar-refractivity contribution in [3.8, 4) is 0 Å². The molecule has 0 aromatic carbocycles. The van der Waals surface area contributed by atoms with Gasteiger partial charge < -0.3 is 0 Å². The van der Waals surface area contributed by atoms with Crippen LogP contribution in [0.2, 0.25) is 5.15 Å². The van der Waals surface area contributed by atoms with E-state index >= 15 is 0 Å². The van der Waals surface area contributed by atoms with E-state index in [2.05, 4.69) is 29.2 Å². The summed E-state index contributed by atoms with van der Waals surface area (Å²) in [5, 5.41) is 2.29. The van der Waals surface area contributed by atoms with Crippen LogP contribution in [0.1, 0.15) is 43.6 Å². The second-order valence-electron chi connectivity index (χ2n) is 4.70. The Balaban J connectivity index is 2.04. The topological polar surface area (TPSA) is 58.1 Å². The van der Waals surface area contributed by atoms with Crippen molar-refractivity contribution >= 4 is 17.5 Å². The Morgan fingerprint density at radius 3 is 2.56 bits per heavy atom. The largest absolute Gasteiger partial charge is 0.285 e. The molecule has 2 heterocycles. The number of aromatic nitrogens is 2. The van der Waals surface area contributed by atoms with Gasteiger partial charge in [-0.3, -0.25) is 10.2 Å². The van der Waals surface area contributed by atoms with E-state index in [0.717, 1.165) is 12.8 Å². The van der Waals surface area contributed by atoms with Gasteiger partial charge in [0.2, 0.25) is 0 Å². The van der Waals surface area contributed by atoms with Gasteiger partial charge in [-0.1, -0.05) is 18.0 Å². The first-order valence-electron chi connectivity index (χ1n) is 6.15. The standard InChI is InChI=1S/C12H17ClN4O/c1-8-4-3-5-9(2)17(8)16-12(18)10-6-15-11(13)7-14-10/h6-9H,3-5H2,1-2H3,(H,16,18). The lowest BCUT2D eigenvalue weighted by atomic mass is 10.00. The highest BCUT2D eigenvalue weighted by atomic mass is 35.5. The van der Waals surface area contributed by atoms with Crippen molar-refractivity contribution in [3.05, 3.63) is 23.2 Å². The summed E-state index contributed by atoms with van der Waals surface area (Å²) in [6.07, 6.45) is 6.15. The van der Waals surface area contributed by atoms with E-state index < -0.39 is 0 Å². The van der Waals surface area contributed by atoms with Gasteiger partial charge in [-0.25, -0.2) is 15.0 Å². The Morgan fingerprint density at radius 1 is 1.33 bits per heavy atom. The smallest absolute Gasteiger partial charge is 0.283 e. The molecule has 1 aliphatic heterocycles. The minimum Gasteiger partial charge on any atom is -0.283 e. The molecule has 2 rings (SSSR count). The predicted molar refractivity (Wildman–Crippen MR) is 69.1 cm³/mol. The molecule has 1 aliphatic rings. The van der Waals surface area contributed by atoms with Crippen molar-refractivity contribution in [1.29, 1.82) is 0 Å². The molecule has 1 fully saturated rings. The second-order valence-corrected chi connectivity index (χ2v) is 5.09. The number of halogens is 1. The van der Waals surface area contributed by atoms with E-state index in [-0.39, 0.29) is 16.8 Å². The molecule has 0 bridgehead atoms. The van der Waals surface area contributed by atoms with Crippen molar-refractivity contribution in [2.24, 2.45) is 0 Å². The summed E-state index contributed by atoms with van der Waals surface area (Å²) in [4.78, 5) is 19.8. The van der Waals surface area contributed by atoms with Crippen LogP contribution in [0.3, 0.4) is 0 Å². The lowest BCUT2D eigenvalue weighted by molar-refractivity contribution is 0.0366. The van der Waals surface area contributed by atoms with Gasteiger partial charge in [-0.2, -0.15) is 0 Å². The highest BCUT2D eigenvalue weighted by Gasteiger charge is 2.26. The van der Waals surface area contributed by atoms with Crippen LogP contribution in [0.15, 0.2) is 12.4 Å². The molecule has 2 atom stereocenters. The molecule has 0 aliphatic carbocycles. The highest BCUT2D eigenvalue weighted by molar-refractivity contribution is 6.29. The van der Waals surface area contributed by atoms with E-state index in [1.165, 1.54) is 18.8 Å². The Kier molecular flexibility index (Phi) is 4.14. The fourth-order valence-corrected chi connectivity index (χ4v) is 2.34. The molecular weight excluding hydrogens is 252 g/mol.